The number of urea groups is 1. The van der Waals surface area contributed by atoms with Crippen molar-refractivity contribution in [3.63, 3.8) is 0 Å². The van der Waals surface area contributed by atoms with Crippen molar-refractivity contribution in [3.8, 4) is 0 Å². The van der Waals surface area contributed by atoms with Crippen LogP contribution in [-0.2, 0) is 4.74 Å². The minimum Gasteiger partial charge on any atom is -0.381 e. The Morgan fingerprint density at radius 3 is 2.56 bits per heavy atom. The van der Waals surface area contributed by atoms with Crippen LogP contribution in [0.15, 0.2) is 0 Å². The Morgan fingerprint density at radius 2 is 1.94 bits per heavy atom. The number of carbonyl (C=O) groups excluding carboxylic acids is 1. The van der Waals surface area contributed by atoms with Gasteiger partial charge in [-0.15, -0.1) is 0 Å². The number of amides is 2. The summed E-state index contributed by atoms with van der Waals surface area (Å²) >= 11 is 0. The van der Waals surface area contributed by atoms with Gasteiger partial charge in [-0.3, -0.25) is 0 Å². The number of rotatable bonds is 2. The Balaban J connectivity index is 1.76. The van der Waals surface area contributed by atoms with E-state index in [1.165, 1.54) is 0 Å². The molecule has 2 saturated heterocycles. The number of hydrogen-bond acceptors (Lipinski definition) is 2. The molecule has 1 unspecified atom stereocenters. The van der Waals surface area contributed by atoms with Crippen LogP contribution >= 0.6 is 0 Å². The molecule has 4 nitrogen and oxygen atoms in total. The summed E-state index contributed by atoms with van der Waals surface area (Å²) in [5, 5.41) is 3.12. The van der Waals surface area contributed by atoms with Crippen LogP contribution in [0.25, 0.3) is 0 Å². The number of likely N-dealkylation sites (tertiary alicyclic amines) is 1. The second kappa shape index (κ2) is 5.53. The summed E-state index contributed by atoms with van der Waals surface area (Å²) in [6.45, 7) is 5.64. The molecule has 0 aromatic heterocycles. The number of hydrogen-bond donors (Lipinski definition) is 1. The van der Waals surface area contributed by atoms with E-state index in [0.717, 1.165) is 52.0 Å². The maximum absolute atomic E-state index is 11.9. The summed E-state index contributed by atoms with van der Waals surface area (Å²) in [7, 11) is 0. The number of nitrogens with one attached hydrogen (secondary N) is 1. The predicted octanol–water partition coefficient (Wildman–Crippen LogP) is 1.61. The van der Waals surface area contributed by atoms with Crippen LogP contribution in [0, 0.1) is 5.92 Å². The van der Waals surface area contributed by atoms with Crippen LogP contribution in [-0.4, -0.2) is 43.3 Å². The first-order valence-corrected chi connectivity index (χ1v) is 6.40. The van der Waals surface area contributed by atoms with E-state index in [9.17, 15) is 4.79 Å². The maximum Gasteiger partial charge on any atom is 0.317 e. The normalized spacial score (nSPS) is 24.4. The highest BCUT2D eigenvalue weighted by Gasteiger charge is 2.24. The molecule has 0 aromatic carbocycles. The Kier molecular flexibility index (Phi) is 4.04. The minimum absolute atomic E-state index is 0.122. The van der Waals surface area contributed by atoms with Gasteiger partial charge < -0.3 is 15.0 Å². The molecular weight excluding hydrogens is 204 g/mol. The van der Waals surface area contributed by atoms with Gasteiger partial charge in [0.2, 0.25) is 0 Å². The molecule has 2 aliphatic rings. The van der Waals surface area contributed by atoms with Crippen molar-refractivity contribution in [2.45, 2.75) is 38.6 Å². The molecule has 1 atom stereocenters. The Bertz CT molecular complexity index is 233. The lowest BCUT2D eigenvalue weighted by molar-refractivity contribution is 0.0564. The van der Waals surface area contributed by atoms with E-state index in [-0.39, 0.29) is 12.1 Å². The third kappa shape index (κ3) is 2.88. The molecule has 0 spiro atoms. The Hall–Kier alpha value is -0.770. The fourth-order valence-corrected chi connectivity index (χ4v) is 2.54. The van der Waals surface area contributed by atoms with Crippen molar-refractivity contribution in [3.05, 3.63) is 0 Å². The van der Waals surface area contributed by atoms with Crippen LogP contribution in [0.1, 0.15) is 32.6 Å². The molecule has 0 bridgehead atoms. The third-order valence-corrected chi connectivity index (χ3v) is 3.72. The molecule has 2 heterocycles. The molecule has 0 saturated carbocycles. The van der Waals surface area contributed by atoms with E-state index in [1.807, 2.05) is 4.90 Å². The highest BCUT2D eigenvalue weighted by Crippen LogP contribution is 2.19. The molecule has 16 heavy (non-hydrogen) atoms. The minimum atomic E-state index is 0.122. The first-order chi connectivity index (χ1) is 7.77. The molecule has 92 valence electrons. The van der Waals surface area contributed by atoms with Gasteiger partial charge in [0.1, 0.15) is 0 Å². The summed E-state index contributed by atoms with van der Waals surface area (Å²) < 4.78 is 5.33. The van der Waals surface area contributed by atoms with Crippen molar-refractivity contribution in [2.24, 2.45) is 5.92 Å². The van der Waals surface area contributed by atoms with Gasteiger partial charge in [-0.05, 0) is 38.5 Å². The van der Waals surface area contributed by atoms with Crippen molar-refractivity contribution >= 4 is 6.03 Å². The van der Waals surface area contributed by atoms with Crippen LogP contribution in [0.3, 0.4) is 0 Å². The van der Waals surface area contributed by atoms with E-state index in [2.05, 4.69) is 12.2 Å². The molecule has 2 fully saturated rings. The van der Waals surface area contributed by atoms with Gasteiger partial charge in [0.25, 0.3) is 0 Å². The summed E-state index contributed by atoms with van der Waals surface area (Å²) in [5.41, 5.74) is 0. The Labute approximate surface area is 97.3 Å². The largest absolute Gasteiger partial charge is 0.381 e. The molecule has 2 aliphatic heterocycles. The van der Waals surface area contributed by atoms with Gasteiger partial charge in [0, 0.05) is 32.3 Å². The molecule has 0 radical (unpaired) electrons. The van der Waals surface area contributed by atoms with E-state index >= 15 is 0 Å². The van der Waals surface area contributed by atoms with Crippen molar-refractivity contribution in [1.82, 2.24) is 10.2 Å². The number of ether oxygens (including phenoxy) is 1. The first-order valence-electron chi connectivity index (χ1n) is 6.40. The lowest BCUT2D eigenvalue weighted by atomic mass is 9.93. The predicted molar refractivity (Wildman–Crippen MR) is 62.3 cm³/mol. The average molecular weight is 226 g/mol. The van der Waals surface area contributed by atoms with Crippen LogP contribution in [0.2, 0.25) is 0 Å². The average Bonchev–Trinajstić information content (AvgIpc) is 2.83. The van der Waals surface area contributed by atoms with Gasteiger partial charge in [-0.2, -0.15) is 0 Å². The van der Waals surface area contributed by atoms with Gasteiger partial charge in [-0.1, -0.05) is 0 Å². The summed E-state index contributed by atoms with van der Waals surface area (Å²) in [5.74, 6) is 0.584. The molecule has 1 N–H and O–H groups in total. The first kappa shape index (κ1) is 11.7. The van der Waals surface area contributed by atoms with Crippen molar-refractivity contribution in [2.75, 3.05) is 26.3 Å². The van der Waals surface area contributed by atoms with Gasteiger partial charge in [0.15, 0.2) is 0 Å². The highest BCUT2D eigenvalue weighted by molar-refractivity contribution is 5.74. The lowest BCUT2D eigenvalue weighted by Gasteiger charge is -2.29. The SMILES string of the molecule is CC(NC(=O)N1CCCC1)C1CCOCC1. The standard InChI is InChI=1S/C12H22N2O2/c1-10(11-4-8-16-9-5-11)13-12(15)14-6-2-3-7-14/h10-11H,2-9H2,1H3,(H,13,15). The number of nitrogens with zero attached hydrogens (tertiary/aromatic N) is 1. The van der Waals surface area contributed by atoms with Crippen molar-refractivity contribution < 1.29 is 9.53 Å². The quantitative estimate of drug-likeness (QED) is 0.777. The fraction of sp³-hybridized carbons (Fsp3) is 0.917. The molecule has 0 aliphatic carbocycles. The van der Waals surface area contributed by atoms with Gasteiger partial charge >= 0.3 is 6.03 Å². The zero-order valence-corrected chi connectivity index (χ0v) is 10.1. The maximum atomic E-state index is 11.9. The second-order valence-electron chi connectivity index (χ2n) is 4.88. The zero-order valence-electron chi connectivity index (χ0n) is 10.1. The highest BCUT2D eigenvalue weighted by atomic mass is 16.5. The van der Waals surface area contributed by atoms with E-state index in [1.54, 1.807) is 0 Å². The van der Waals surface area contributed by atoms with Crippen LogP contribution in [0.4, 0.5) is 4.79 Å². The smallest absolute Gasteiger partial charge is 0.317 e. The molecule has 4 heteroatoms. The number of carbonyl (C=O) groups is 1. The summed E-state index contributed by atoms with van der Waals surface area (Å²) in [6, 6.07) is 0.397. The lowest BCUT2D eigenvalue weighted by Crippen LogP contribution is -2.46. The van der Waals surface area contributed by atoms with Crippen LogP contribution in [0.5, 0.6) is 0 Å². The van der Waals surface area contributed by atoms with Crippen molar-refractivity contribution in [1.29, 1.82) is 0 Å². The Morgan fingerprint density at radius 1 is 1.31 bits per heavy atom. The van der Waals surface area contributed by atoms with Gasteiger partial charge in [0.05, 0.1) is 0 Å². The van der Waals surface area contributed by atoms with Crippen LogP contribution < -0.4 is 5.32 Å². The molecule has 0 aromatic rings. The molecule has 2 amide bonds. The fourth-order valence-electron chi connectivity index (χ4n) is 2.54. The van der Waals surface area contributed by atoms with Gasteiger partial charge in [-0.25, -0.2) is 4.79 Å². The monoisotopic (exact) mass is 226 g/mol. The topological polar surface area (TPSA) is 41.6 Å². The van der Waals surface area contributed by atoms with E-state index in [4.69, 9.17) is 4.74 Å². The third-order valence-electron chi connectivity index (χ3n) is 3.72. The summed E-state index contributed by atoms with van der Waals surface area (Å²) in [6.07, 6.45) is 4.45. The van der Waals surface area contributed by atoms with E-state index in [0.29, 0.717) is 5.92 Å². The molecular formula is C12H22N2O2. The zero-order chi connectivity index (χ0) is 11.4. The molecule has 2 rings (SSSR count). The second-order valence-corrected chi connectivity index (χ2v) is 4.88. The van der Waals surface area contributed by atoms with E-state index < -0.39 is 0 Å². The summed E-state index contributed by atoms with van der Waals surface area (Å²) in [4.78, 5) is 13.8.